The quantitative estimate of drug-likeness (QED) is 0.604. The number of nitrogens with zero attached hydrogens (tertiary/aromatic N) is 4. The summed E-state index contributed by atoms with van der Waals surface area (Å²) in [7, 11) is 0. The minimum absolute atomic E-state index is 0.234. The first-order valence-corrected chi connectivity index (χ1v) is 8.77. The minimum atomic E-state index is -0.441. The molecule has 2 aliphatic rings. The standard InChI is InChI=1S/C12H8N4O2S4/c17-8-6-21-11(19)15(8)13-14-16-10(18)9(22-12(16)20)7-4-2-1-3-5-7/h1-5,9H,6H2. The second kappa shape index (κ2) is 6.41. The smallest absolute Gasteiger partial charge is 0.268 e. The molecule has 0 bridgehead atoms. The number of carbonyl (C=O) groups is 2. The lowest BCUT2D eigenvalue weighted by atomic mass is 10.1. The van der Waals surface area contributed by atoms with Gasteiger partial charge in [0.15, 0.2) is 8.64 Å². The molecular formula is C12H8N4O2S4. The number of hydrogen-bond donors (Lipinski definition) is 0. The van der Waals surface area contributed by atoms with Crippen molar-refractivity contribution in [1.82, 2.24) is 10.0 Å². The van der Waals surface area contributed by atoms with Crippen molar-refractivity contribution in [2.45, 2.75) is 5.25 Å². The summed E-state index contributed by atoms with van der Waals surface area (Å²) >= 11 is 12.6. The maximum absolute atomic E-state index is 12.4. The lowest BCUT2D eigenvalue weighted by Crippen LogP contribution is -2.27. The summed E-state index contributed by atoms with van der Waals surface area (Å²) in [4.78, 5) is 24.0. The number of thiocarbonyl (C=S) groups is 2. The zero-order valence-corrected chi connectivity index (χ0v) is 14.2. The third-order valence-corrected chi connectivity index (χ3v) is 5.76. The number of benzene rings is 1. The number of hydrogen-bond acceptors (Lipinski definition) is 8. The van der Waals surface area contributed by atoms with Crippen LogP contribution in [0.25, 0.3) is 0 Å². The lowest BCUT2D eigenvalue weighted by molar-refractivity contribution is -0.128. The van der Waals surface area contributed by atoms with Crippen molar-refractivity contribution in [2.24, 2.45) is 10.4 Å². The fourth-order valence-corrected chi connectivity index (χ4v) is 4.12. The highest BCUT2D eigenvalue weighted by Gasteiger charge is 2.39. The molecule has 2 heterocycles. The van der Waals surface area contributed by atoms with Gasteiger partial charge in [0.2, 0.25) is 0 Å². The summed E-state index contributed by atoms with van der Waals surface area (Å²) in [5.74, 6) is -0.309. The minimum Gasteiger partial charge on any atom is -0.271 e. The topological polar surface area (TPSA) is 65.3 Å². The van der Waals surface area contributed by atoms with Crippen molar-refractivity contribution in [1.29, 1.82) is 0 Å². The molecule has 22 heavy (non-hydrogen) atoms. The van der Waals surface area contributed by atoms with Gasteiger partial charge in [-0.3, -0.25) is 9.59 Å². The van der Waals surface area contributed by atoms with Crippen LogP contribution in [0.2, 0.25) is 0 Å². The summed E-state index contributed by atoms with van der Waals surface area (Å²) in [5.41, 5.74) is 0.848. The molecule has 0 spiro atoms. The molecule has 10 heteroatoms. The third kappa shape index (κ3) is 2.91. The van der Waals surface area contributed by atoms with Crippen LogP contribution in [0, 0.1) is 0 Å². The Balaban J connectivity index is 1.78. The van der Waals surface area contributed by atoms with E-state index >= 15 is 0 Å². The van der Waals surface area contributed by atoms with E-state index in [9.17, 15) is 9.59 Å². The number of rotatable bonds is 3. The first kappa shape index (κ1) is 15.5. The summed E-state index contributed by atoms with van der Waals surface area (Å²) in [5, 5.41) is 9.15. The van der Waals surface area contributed by atoms with Crippen molar-refractivity contribution in [3.05, 3.63) is 35.9 Å². The van der Waals surface area contributed by atoms with Crippen molar-refractivity contribution in [3.8, 4) is 0 Å². The molecule has 112 valence electrons. The normalized spacial score (nSPS) is 22.5. The molecule has 2 aliphatic heterocycles. The second-order valence-electron chi connectivity index (χ2n) is 4.26. The van der Waals surface area contributed by atoms with Crippen LogP contribution >= 0.6 is 48.0 Å². The molecule has 1 aromatic rings. The molecule has 0 aromatic heterocycles. The number of amides is 2. The molecule has 1 unspecified atom stereocenters. The van der Waals surface area contributed by atoms with E-state index in [1.807, 2.05) is 30.3 Å². The zero-order chi connectivity index (χ0) is 15.7. The number of thioether (sulfide) groups is 2. The molecule has 0 aliphatic carbocycles. The summed E-state index contributed by atoms with van der Waals surface area (Å²) < 4.78 is 0.617. The van der Waals surface area contributed by atoms with Gasteiger partial charge in [0.1, 0.15) is 5.25 Å². The zero-order valence-electron chi connectivity index (χ0n) is 10.9. The highest BCUT2D eigenvalue weighted by atomic mass is 32.2. The van der Waals surface area contributed by atoms with Crippen LogP contribution in [0.5, 0.6) is 0 Å². The van der Waals surface area contributed by atoms with Gasteiger partial charge in [0, 0.05) is 0 Å². The highest BCUT2D eigenvalue weighted by molar-refractivity contribution is 8.24. The van der Waals surface area contributed by atoms with E-state index in [1.165, 1.54) is 23.5 Å². The van der Waals surface area contributed by atoms with Crippen LogP contribution < -0.4 is 0 Å². The molecule has 1 aromatic carbocycles. The third-order valence-electron chi connectivity index (χ3n) is 2.87. The van der Waals surface area contributed by atoms with Gasteiger partial charge in [-0.05, 0) is 16.0 Å². The monoisotopic (exact) mass is 368 g/mol. The van der Waals surface area contributed by atoms with Crippen LogP contribution in [-0.4, -0.2) is 36.2 Å². The Hall–Kier alpha value is -1.36. The molecule has 6 nitrogen and oxygen atoms in total. The first-order valence-electron chi connectivity index (χ1n) is 6.09. The highest BCUT2D eigenvalue weighted by Crippen LogP contribution is 2.39. The van der Waals surface area contributed by atoms with E-state index in [1.54, 1.807) is 0 Å². The fourth-order valence-electron chi connectivity index (χ4n) is 1.84. The van der Waals surface area contributed by atoms with Gasteiger partial charge < -0.3 is 0 Å². The molecule has 0 N–H and O–H groups in total. The molecular weight excluding hydrogens is 360 g/mol. The van der Waals surface area contributed by atoms with Gasteiger partial charge >= 0.3 is 0 Å². The van der Waals surface area contributed by atoms with E-state index in [2.05, 4.69) is 10.4 Å². The summed E-state index contributed by atoms with van der Waals surface area (Å²) in [6, 6.07) is 9.30. The van der Waals surface area contributed by atoms with Crippen LogP contribution in [-0.2, 0) is 9.59 Å². The van der Waals surface area contributed by atoms with Crippen molar-refractivity contribution < 1.29 is 9.59 Å². The van der Waals surface area contributed by atoms with E-state index < -0.39 is 5.25 Å². The van der Waals surface area contributed by atoms with Gasteiger partial charge in [0.25, 0.3) is 11.8 Å². The lowest BCUT2D eigenvalue weighted by Gasteiger charge is -2.10. The van der Waals surface area contributed by atoms with Crippen LogP contribution in [0.15, 0.2) is 40.8 Å². The Morgan fingerprint density at radius 3 is 2.36 bits per heavy atom. The first-order chi connectivity index (χ1) is 10.6. The van der Waals surface area contributed by atoms with E-state index in [4.69, 9.17) is 24.4 Å². The summed E-state index contributed by atoms with van der Waals surface area (Å²) in [6.45, 7) is 0. The molecule has 2 amide bonds. The molecule has 0 radical (unpaired) electrons. The van der Waals surface area contributed by atoms with Gasteiger partial charge in [0.05, 0.1) is 5.75 Å². The molecule has 3 rings (SSSR count). The van der Waals surface area contributed by atoms with E-state index in [-0.39, 0.29) is 17.6 Å². The maximum Gasteiger partial charge on any atom is 0.268 e. The van der Waals surface area contributed by atoms with Crippen molar-refractivity contribution in [2.75, 3.05) is 5.75 Å². The summed E-state index contributed by atoms with van der Waals surface area (Å²) in [6.07, 6.45) is 0. The second-order valence-corrected chi connectivity index (χ2v) is 7.61. The molecule has 2 fully saturated rings. The van der Waals surface area contributed by atoms with Gasteiger partial charge in [-0.25, -0.2) is 0 Å². The van der Waals surface area contributed by atoms with Gasteiger partial charge in [-0.1, -0.05) is 78.3 Å². The largest absolute Gasteiger partial charge is 0.271 e. The van der Waals surface area contributed by atoms with Crippen molar-refractivity contribution in [3.63, 3.8) is 0 Å². The maximum atomic E-state index is 12.4. The van der Waals surface area contributed by atoms with Crippen LogP contribution in [0.1, 0.15) is 10.8 Å². The molecule has 2 saturated heterocycles. The predicted molar refractivity (Wildman–Crippen MR) is 93.0 cm³/mol. The Bertz CT molecular complexity index is 678. The van der Waals surface area contributed by atoms with Gasteiger partial charge in [-0.2, -0.15) is 10.0 Å². The Morgan fingerprint density at radius 1 is 1.05 bits per heavy atom. The van der Waals surface area contributed by atoms with Crippen molar-refractivity contribution >= 4 is 68.4 Å². The molecule has 0 saturated carbocycles. The number of carbonyl (C=O) groups excluding carboxylic acids is 2. The average molecular weight is 368 g/mol. The Morgan fingerprint density at radius 2 is 1.73 bits per heavy atom. The predicted octanol–water partition coefficient (Wildman–Crippen LogP) is 2.73. The van der Waals surface area contributed by atoms with Gasteiger partial charge in [-0.15, -0.1) is 0 Å². The SMILES string of the molecule is O=C1CSC(=S)N1N=NN1C(=O)C(c2ccccc2)SC1=S. The van der Waals surface area contributed by atoms with Crippen LogP contribution in [0.4, 0.5) is 0 Å². The Labute approximate surface area is 145 Å². The van der Waals surface area contributed by atoms with E-state index in [0.29, 0.717) is 8.64 Å². The fraction of sp³-hybridized carbons (Fsp3) is 0.167. The van der Waals surface area contributed by atoms with Crippen LogP contribution in [0.3, 0.4) is 0 Å². The van der Waals surface area contributed by atoms with E-state index in [0.717, 1.165) is 15.6 Å². The Kier molecular flexibility index (Phi) is 4.52. The average Bonchev–Trinajstić information content (AvgIpc) is 2.99. The molecule has 1 atom stereocenters.